The van der Waals surface area contributed by atoms with Gasteiger partial charge in [-0.2, -0.15) is 0 Å². The van der Waals surface area contributed by atoms with Crippen molar-refractivity contribution in [3.8, 4) is 5.75 Å². The molecule has 0 unspecified atom stereocenters. The van der Waals surface area contributed by atoms with Crippen molar-refractivity contribution in [1.29, 1.82) is 0 Å². The molecule has 1 aromatic heterocycles. The molecule has 4 heteroatoms. The van der Waals surface area contributed by atoms with Gasteiger partial charge in [-0.25, -0.2) is 0 Å². The molecule has 0 spiro atoms. The molecule has 104 valence electrons. The van der Waals surface area contributed by atoms with Crippen molar-refractivity contribution in [2.45, 2.75) is 6.92 Å². The molecule has 0 aliphatic heterocycles. The van der Waals surface area contributed by atoms with Gasteiger partial charge in [0.05, 0.1) is 11.1 Å². The fourth-order valence-electron chi connectivity index (χ4n) is 2.19. The molecule has 1 heterocycles. The van der Waals surface area contributed by atoms with E-state index in [-0.39, 0.29) is 17.2 Å². The summed E-state index contributed by atoms with van der Waals surface area (Å²) in [7, 11) is 0. The van der Waals surface area contributed by atoms with Gasteiger partial charge in [0, 0.05) is 17.3 Å². The second-order valence-corrected chi connectivity index (χ2v) is 4.84. The normalized spacial score (nSPS) is 10.5. The Morgan fingerprint density at radius 3 is 2.86 bits per heavy atom. The van der Waals surface area contributed by atoms with Gasteiger partial charge >= 0.3 is 0 Å². The van der Waals surface area contributed by atoms with Gasteiger partial charge in [-0.3, -0.25) is 9.78 Å². The van der Waals surface area contributed by atoms with Crippen LogP contribution in [0.1, 0.15) is 15.9 Å². The van der Waals surface area contributed by atoms with E-state index in [0.29, 0.717) is 11.3 Å². The average Bonchev–Trinajstić information content (AvgIpc) is 2.50. The van der Waals surface area contributed by atoms with Crippen LogP contribution in [0.2, 0.25) is 0 Å². The van der Waals surface area contributed by atoms with Crippen LogP contribution in [0.3, 0.4) is 0 Å². The zero-order valence-electron chi connectivity index (χ0n) is 11.5. The minimum Gasteiger partial charge on any atom is -0.507 e. The summed E-state index contributed by atoms with van der Waals surface area (Å²) in [5.74, 6) is -0.322. The second-order valence-electron chi connectivity index (χ2n) is 4.84. The predicted octanol–water partition coefficient (Wildman–Crippen LogP) is 3.50. The summed E-state index contributed by atoms with van der Waals surface area (Å²) in [5.41, 5.74) is 2.47. The van der Waals surface area contributed by atoms with E-state index in [9.17, 15) is 9.90 Å². The minimum atomic E-state index is -0.334. The first-order valence-corrected chi connectivity index (χ1v) is 6.60. The van der Waals surface area contributed by atoms with Crippen molar-refractivity contribution in [2.75, 3.05) is 5.32 Å². The highest BCUT2D eigenvalue weighted by molar-refractivity contribution is 6.07. The Kier molecular flexibility index (Phi) is 3.28. The lowest BCUT2D eigenvalue weighted by atomic mass is 10.1. The van der Waals surface area contributed by atoms with Crippen LogP contribution in [0.25, 0.3) is 10.9 Å². The Balaban J connectivity index is 1.91. The zero-order chi connectivity index (χ0) is 14.8. The molecule has 3 aromatic rings. The zero-order valence-corrected chi connectivity index (χ0v) is 11.5. The number of aromatic hydroxyl groups is 1. The summed E-state index contributed by atoms with van der Waals surface area (Å²) >= 11 is 0. The third kappa shape index (κ3) is 2.56. The quantitative estimate of drug-likeness (QED) is 0.754. The maximum absolute atomic E-state index is 12.2. The number of anilines is 1. The monoisotopic (exact) mass is 278 g/mol. The number of hydrogen-bond acceptors (Lipinski definition) is 3. The molecular weight excluding hydrogens is 264 g/mol. The Morgan fingerprint density at radius 1 is 1.14 bits per heavy atom. The first kappa shape index (κ1) is 13.1. The van der Waals surface area contributed by atoms with Crippen molar-refractivity contribution in [3.05, 3.63) is 65.9 Å². The summed E-state index contributed by atoms with van der Waals surface area (Å²) < 4.78 is 0. The standard InChI is InChI=1S/C17H14N2O2/c1-11-4-2-6-14(16(11)20)17(21)19-13-7-8-15-12(10-13)5-3-9-18-15/h2-10,20H,1H3,(H,19,21). The van der Waals surface area contributed by atoms with E-state index in [1.54, 1.807) is 37.4 Å². The first-order valence-electron chi connectivity index (χ1n) is 6.60. The van der Waals surface area contributed by atoms with Gasteiger partial charge in [0.15, 0.2) is 0 Å². The van der Waals surface area contributed by atoms with Crippen LogP contribution in [0.15, 0.2) is 54.7 Å². The van der Waals surface area contributed by atoms with E-state index < -0.39 is 0 Å². The van der Waals surface area contributed by atoms with Gasteiger partial charge in [-0.15, -0.1) is 0 Å². The molecule has 0 bridgehead atoms. The highest BCUT2D eigenvalue weighted by Crippen LogP contribution is 2.23. The third-order valence-electron chi connectivity index (χ3n) is 3.34. The second kappa shape index (κ2) is 5.25. The number of pyridine rings is 1. The maximum atomic E-state index is 12.2. The highest BCUT2D eigenvalue weighted by Gasteiger charge is 2.12. The van der Waals surface area contributed by atoms with E-state index >= 15 is 0 Å². The van der Waals surface area contributed by atoms with Crippen molar-refractivity contribution >= 4 is 22.5 Å². The predicted molar refractivity (Wildman–Crippen MR) is 82.5 cm³/mol. The van der Waals surface area contributed by atoms with Gasteiger partial charge in [0.25, 0.3) is 5.91 Å². The fraction of sp³-hybridized carbons (Fsp3) is 0.0588. The molecule has 0 aliphatic carbocycles. The number of para-hydroxylation sites is 1. The molecule has 2 N–H and O–H groups in total. The lowest BCUT2D eigenvalue weighted by Crippen LogP contribution is -2.12. The van der Waals surface area contributed by atoms with Crippen molar-refractivity contribution in [1.82, 2.24) is 4.98 Å². The van der Waals surface area contributed by atoms with Crippen molar-refractivity contribution in [2.24, 2.45) is 0 Å². The molecule has 0 aliphatic rings. The topological polar surface area (TPSA) is 62.2 Å². The molecule has 4 nitrogen and oxygen atoms in total. The molecule has 0 radical (unpaired) electrons. The van der Waals surface area contributed by atoms with E-state index in [1.807, 2.05) is 24.3 Å². The Hall–Kier alpha value is -2.88. The summed E-state index contributed by atoms with van der Waals surface area (Å²) in [5, 5.41) is 13.7. The molecule has 3 rings (SSSR count). The molecule has 0 atom stereocenters. The van der Waals surface area contributed by atoms with Crippen LogP contribution in [-0.4, -0.2) is 16.0 Å². The molecule has 0 saturated carbocycles. The van der Waals surface area contributed by atoms with Gasteiger partial charge in [-0.1, -0.05) is 18.2 Å². The Labute approximate surface area is 122 Å². The average molecular weight is 278 g/mol. The number of nitrogens with one attached hydrogen (secondary N) is 1. The van der Waals surface area contributed by atoms with E-state index in [4.69, 9.17) is 0 Å². The van der Waals surface area contributed by atoms with Crippen LogP contribution in [0.4, 0.5) is 5.69 Å². The Bertz CT molecular complexity index is 828. The smallest absolute Gasteiger partial charge is 0.259 e. The number of benzene rings is 2. The van der Waals surface area contributed by atoms with Crippen LogP contribution < -0.4 is 5.32 Å². The number of phenols is 1. The molecule has 0 saturated heterocycles. The number of aryl methyl sites for hydroxylation is 1. The SMILES string of the molecule is Cc1cccc(C(=O)Nc2ccc3ncccc3c2)c1O. The van der Waals surface area contributed by atoms with Gasteiger partial charge in [0.1, 0.15) is 5.75 Å². The number of aromatic nitrogens is 1. The first-order chi connectivity index (χ1) is 10.1. The van der Waals surface area contributed by atoms with E-state index in [2.05, 4.69) is 10.3 Å². The molecule has 0 fully saturated rings. The summed E-state index contributed by atoms with van der Waals surface area (Å²) in [6.07, 6.45) is 1.73. The maximum Gasteiger partial charge on any atom is 0.259 e. The summed E-state index contributed by atoms with van der Waals surface area (Å²) in [6.45, 7) is 1.76. The lowest BCUT2D eigenvalue weighted by Gasteiger charge is -2.09. The number of nitrogens with zero attached hydrogens (tertiary/aromatic N) is 1. The molecule has 21 heavy (non-hydrogen) atoms. The third-order valence-corrected chi connectivity index (χ3v) is 3.34. The van der Waals surface area contributed by atoms with Crippen LogP contribution in [-0.2, 0) is 0 Å². The number of hydrogen-bond donors (Lipinski definition) is 2. The highest BCUT2D eigenvalue weighted by atomic mass is 16.3. The summed E-state index contributed by atoms with van der Waals surface area (Å²) in [6, 6.07) is 14.4. The molecule has 2 aromatic carbocycles. The van der Waals surface area contributed by atoms with E-state index in [0.717, 1.165) is 10.9 Å². The number of amides is 1. The van der Waals surface area contributed by atoms with Crippen LogP contribution in [0.5, 0.6) is 5.75 Å². The van der Waals surface area contributed by atoms with Crippen molar-refractivity contribution < 1.29 is 9.90 Å². The fourth-order valence-corrected chi connectivity index (χ4v) is 2.19. The van der Waals surface area contributed by atoms with Crippen molar-refractivity contribution in [3.63, 3.8) is 0 Å². The van der Waals surface area contributed by atoms with Gasteiger partial charge < -0.3 is 10.4 Å². The largest absolute Gasteiger partial charge is 0.507 e. The molecular formula is C17H14N2O2. The number of carbonyl (C=O) groups excluding carboxylic acids is 1. The Morgan fingerprint density at radius 2 is 2.00 bits per heavy atom. The number of phenolic OH excluding ortho intramolecular Hbond substituents is 1. The molecule has 1 amide bonds. The number of rotatable bonds is 2. The van der Waals surface area contributed by atoms with E-state index in [1.165, 1.54) is 0 Å². The van der Waals surface area contributed by atoms with Gasteiger partial charge in [0.2, 0.25) is 0 Å². The van der Waals surface area contributed by atoms with Crippen LogP contribution in [0, 0.1) is 6.92 Å². The summed E-state index contributed by atoms with van der Waals surface area (Å²) in [4.78, 5) is 16.5. The van der Waals surface area contributed by atoms with Gasteiger partial charge in [-0.05, 0) is 42.8 Å². The van der Waals surface area contributed by atoms with Crippen LogP contribution >= 0.6 is 0 Å². The lowest BCUT2D eigenvalue weighted by molar-refractivity contribution is 0.102. The minimum absolute atomic E-state index is 0.0115. The number of carbonyl (C=O) groups is 1. The number of fused-ring (bicyclic) bond motifs is 1.